The van der Waals surface area contributed by atoms with E-state index in [2.05, 4.69) is 0 Å². The molecule has 6 heteroatoms. The summed E-state index contributed by atoms with van der Waals surface area (Å²) >= 11 is 0. The summed E-state index contributed by atoms with van der Waals surface area (Å²) in [4.78, 5) is 0. The molecule has 0 radical (unpaired) electrons. The summed E-state index contributed by atoms with van der Waals surface area (Å²) in [6.45, 7) is 3.21. The van der Waals surface area contributed by atoms with E-state index in [4.69, 9.17) is 13.7 Å². The summed E-state index contributed by atoms with van der Waals surface area (Å²) in [6, 6.07) is 7.51. The molecule has 0 spiro atoms. The predicted molar refractivity (Wildman–Crippen MR) is 70.4 cm³/mol. The number of benzene rings is 1. The Bertz CT molecular complexity index is 520. The van der Waals surface area contributed by atoms with Gasteiger partial charge >= 0.3 is 0 Å². The topological polar surface area (TPSA) is 61.8 Å². The van der Waals surface area contributed by atoms with Crippen molar-refractivity contribution in [1.29, 1.82) is 0 Å². The van der Waals surface area contributed by atoms with Crippen molar-refractivity contribution in [2.24, 2.45) is 0 Å². The van der Waals surface area contributed by atoms with E-state index in [0.717, 1.165) is 17.4 Å². The van der Waals surface area contributed by atoms with E-state index < -0.39 is 22.3 Å². The SMILES string of the molecule is Cc1ccccc1C(OS(C)(=O)=O)C1COCCO1. The zero-order valence-electron chi connectivity index (χ0n) is 11.0. The molecule has 2 unspecified atom stereocenters. The largest absolute Gasteiger partial charge is 0.376 e. The fourth-order valence-electron chi connectivity index (χ4n) is 2.09. The van der Waals surface area contributed by atoms with Crippen LogP contribution in [0.1, 0.15) is 17.2 Å². The Balaban J connectivity index is 2.30. The lowest BCUT2D eigenvalue weighted by Gasteiger charge is -2.30. The minimum atomic E-state index is -3.57. The van der Waals surface area contributed by atoms with Crippen LogP contribution < -0.4 is 0 Å². The molecule has 1 aliphatic heterocycles. The highest BCUT2D eigenvalue weighted by Gasteiger charge is 2.31. The van der Waals surface area contributed by atoms with Gasteiger partial charge < -0.3 is 9.47 Å². The summed E-state index contributed by atoms with van der Waals surface area (Å²) < 4.78 is 39.0. The third-order valence-corrected chi connectivity index (χ3v) is 3.51. The van der Waals surface area contributed by atoms with Gasteiger partial charge in [0.15, 0.2) is 0 Å². The van der Waals surface area contributed by atoms with Gasteiger partial charge in [-0.15, -0.1) is 0 Å². The van der Waals surface area contributed by atoms with Gasteiger partial charge in [0.2, 0.25) is 0 Å². The minimum absolute atomic E-state index is 0.328. The molecule has 0 saturated carbocycles. The molecule has 0 bridgehead atoms. The van der Waals surface area contributed by atoms with Gasteiger partial charge in [-0.25, -0.2) is 0 Å². The average Bonchev–Trinajstić information content (AvgIpc) is 2.37. The number of rotatable bonds is 4. The first-order chi connectivity index (χ1) is 8.97. The summed E-state index contributed by atoms with van der Waals surface area (Å²) in [7, 11) is -3.57. The molecule has 5 nitrogen and oxygen atoms in total. The van der Waals surface area contributed by atoms with Gasteiger partial charge in [0.05, 0.1) is 26.1 Å². The molecule has 1 aliphatic rings. The number of aryl methyl sites for hydroxylation is 1. The first-order valence-electron chi connectivity index (χ1n) is 6.10. The third kappa shape index (κ3) is 4.01. The van der Waals surface area contributed by atoms with Crippen molar-refractivity contribution >= 4 is 10.1 Å². The summed E-state index contributed by atoms with van der Waals surface area (Å²) in [6.07, 6.45) is -0.0387. The standard InChI is InChI=1S/C13H18O5S/c1-10-5-3-4-6-11(10)13(18-19(2,14)15)12-9-16-7-8-17-12/h3-6,12-13H,7-9H2,1-2H3. The van der Waals surface area contributed by atoms with Crippen molar-refractivity contribution in [1.82, 2.24) is 0 Å². The Kier molecular flexibility index (Phi) is 4.57. The average molecular weight is 286 g/mol. The van der Waals surface area contributed by atoms with E-state index in [1.54, 1.807) is 0 Å². The first kappa shape index (κ1) is 14.5. The maximum Gasteiger partial charge on any atom is 0.265 e. The van der Waals surface area contributed by atoms with Gasteiger partial charge in [-0.1, -0.05) is 24.3 Å². The van der Waals surface area contributed by atoms with Crippen molar-refractivity contribution in [3.8, 4) is 0 Å². The van der Waals surface area contributed by atoms with E-state index in [9.17, 15) is 8.42 Å². The Hall–Kier alpha value is -0.950. The second-order valence-corrected chi connectivity index (χ2v) is 6.16. The molecule has 1 aromatic rings. The summed E-state index contributed by atoms with van der Waals surface area (Å²) in [5, 5.41) is 0. The van der Waals surface area contributed by atoms with Crippen LogP contribution in [0.4, 0.5) is 0 Å². The summed E-state index contributed by atoms with van der Waals surface area (Å²) in [5.74, 6) is 0. The molecule has 0 aromatic heterocycles. The highest BCUT2D eigenvalue weighted by Crippen LogP contribution is 2.29. The second-order valence-electron chi connectivity index (χ2n) is 4.56. The fraction of sp³-hybridized carbons (Fsp3) is 0.538. The lowest BCUT2D eigenvalue weighted by molar-refractivity contribution is -0.126. The number of hydrogen-bond donors (Lipinski definition) is 0. The van der Waals surface area contributed by atoms with E-state index in [0.29, 0.717) is 19.8 Å². The fourth-order valence-corrected chi connectivity index (χ4v) is 2.69. The van der Waals surface area contributed by atoms with Gasteiger partial charge in [-0.3, -0.25) is 4.18 Å². The van der Waals surface area contributed by atoms with E-state index in [1.807, 2.05) is 31.2 Å². The second kappa shape index (κ2) is 6.00. The molecule has 0 aliphatic carbocycles. The van der Waals surface area contributed by atoms with Crippen LogP contribution >= 0.6 is 0 Å². The molecule has 2 rings (SSSR count). The zero-order chi connectivity index (χ0) is 13.9. The van der Waals surface area contributed by atoms with Crippen LogP contribution in [0, 0.1) is 6.92 Å². The van der Waals surface area contributed by atoms with Gasteiger partial charge in [0.25, 0.3) is 10.1 Å². The van der Waals surface area contributed by atoms with Gasteiger partial charge in [-0.2, -0.15) is 8.42 Å². The molecule has 1 aromatic carbocycles. The van der Waals surface area contributed by atoms with Crippen LogP contribution in [0.3, 0.4) is 0 Å². The smallest absolute Gasteiger partial charge is 0.265 e. The zero-order valence-corrected chi connectivity index (χ0v) is 11.9. The lowest BCUT2D eigenvalue weighted by atomic mass is 9.99. The Morgan fingerprint density at radius 1 is 1.32 bits per heavy atom. The Morgan fingerprint density at radius 3 is 2.63 bits per heavy atom. The van der Waals surface area contributed by atoms with Crippen LogP contribution in [-0.4, -0.2) is 40.6 Å². The molecule has 2 atom stereocenters. The maximum absolute atomic E-state index is 11.5. The first-order valence-corrected chi connectivity index (χ1v) is 7.92. The molecule has 0 N–H and O–H groups in total. The molecular formula is C13H18O5S. The van der Waals surface area contributed by atoms with Crippen molar-refractivity contribution in [2.45, 2.75) is 19.1 Å². The van der Waals surface area contributed by atoms with E-state index in [1.165, 1.54) is 0 Å². The highest BCUT2D eigenvalue weighted by atomic mass is 32.2. The normalized spacial score (nSPS) is 22.1. The Morgan fingerprint density at radius 2 is 2.05 bits per heavy atom. The van der Waals surface area contributed by atoms with Crippen LogP contribution in [0.2, 0.25) is 0 Å². The molecule has 1 fully saturated rings. The van der Waals surface area contributed by atoms with Crippen molar-refractivity contribution in [3.63, 3.8) is 0 Å². The van der Waals surface area contributed by atoms with Gasteiger partial charge in [0.1, 0.15) is 12.2 Å². The number of ether oxygens (including phenoxy) is 2. The lowest BCUT2D eigenvalue weighted by Crippen LogP contribution is -2.36. The highest BCUT2D eigenvalue weighted by molar-refractivity contribution is 7.86. The Labute approximate surface area is 113 Å². The maximum atomic E-state index is 11.5. The van der Waals surface area contributed by atoms with E-state index >= 15 is 0 Å². The van der Waals surface area contributed by atoms with Crippen molar-refractivity contribution in [2.75, 3.05) is 26.1 Å². The van der Waals surface area contributed by atoms with Gasteiger partial charge in [0, 0.05) is 0 Å². The molecule has 1 heterocycles. The molecule has 106 valence electrons. The molecular weight excluding hydrogens is 268 g/mol. The molecule has 1 saturated heterocycles. The van der Waals surface area contributed by atoms with Crippen LogP contribution in [-0.2, 0) is 23.8 Å². The van der Waals surface area contributed by atoms with E-state index in [-0.39, 0.29) is 0 Å². The van der Waals surface area contributed by atoms with Crippen LogP contribution in [0.25, 0.3) is 0 Å². The van der Waals surface area contributed by atoms with Gasteiger partial charge in [-0.05, 0) is 18.1 Å². The number of hydrogen-bond acceptors (Lipinski definition) is 5. The third-order valence-electron chi connectivity index (χ3n) is 2.95. The van der Waals surface area contributed by atoms with Crippen LogP contribution in [0.15, 0.2) is 24.3 Å². The molecule has 0 amide bonds. The van der Waals surface area contributed by atoms with Crippen molar-refractivity contribution < 1.29 is 22.1 Å². The predicted octanol–water partition coefficient (Wildman–Crippen LogP) is 1.43. The quantitative estimate of drug-likeness (QED) is 0.784. The minimum Gasteiger partial charge on any atom is -0.376 e. The van der Waals surface area contributed by atoms with Crippen molar-refractivity contribution in [3.05, 3.63) is 35.4 Å². The van der Waals surface area contributed by atoms with Crippen LogP contribution in [0.5, 0.6) is 0 Å². The summed E-state index contributed by atoms with van der Waals surface area (Å²) in [5.41, 5.74) is 1.77. The molecule has 19 heavy (non-hydrogen) atoms. The monoisotopic (exact) mass is 286 g/mol.